The van der Waals surface area contributed by atoms with E-state index < -0.39 is 15.8 Å². The fourth-order valence-corrected chi connectivity index (χ4v) is 2.98. The van der Waals surface area contributed by atoms with E-state index in [2.05, 4.69) is 9.71 Å². The van der Waals surface area contributed by atoms with E-state index >= 15 is 0 Å². The van der Waals surface area contributed by atoms with Gasteiger partial charge >= 0.3 is 0 Å². The largest absolute Gasteiger partial charge is 0.441 e. The first kappa shape index (κ1) is 13.6. The fraction of sp³-hybridized carbons (Fsp3) is 0.0714. The molecular formula is C14H11FN2O3S. The normalized spacial score (nSPS) is 11.7. The van der Waals surface area contributed by atoms with Crippen molar-refractivity contribution < 1.29 is 17.2 Å². The standard InChI is InChI=1S/C14H11FN2O3S/c1-9-16-13-8-11(4-7-14(13)20-9)17-21(18,19)12-5-2-10(15)3-6-12/h2-8,17H,1H3. The van der Waals surface area contributed by atoms with Crippen molar-refractivity contribution in [1.82, 2.24) is 4.98 Å². The summed E-state index contributed by atoms with van der Waals surface area (Å²) in [6.45, 7) is 1.71. The van der Waals surface area contributed by atoms with Crippen molar-refractivity contribution in [3.05, 3.63) is 54.2 Å². The Labute approximate surface area is 120 Å². The van der Waals surface area contributed by atoms with Crippen molar-refractivity contribution in [2.45, 2.75) is 11.8 Å². The summed E-state index contributed by atoms with van der Waals surface area (Å²) in [5, 5.41) is 0. The molecular weight excluding hydrogens is 295 g/mol. The lowest BCUT2D eigenvalue weighted by molar-refractivity contribution is 0.561. The Balaban J connectivity index is 1.94. The number of hydrogen-bond acceptors (Lipinski definition) is 4. The van der Waals surface area contributed by atoms with E-state index in [1.54, 1.807) is 25.1 Å². The third-order valence-corrected chi connectivity index (χ3v) is 4.27. The Hall–Kier alpha value is -2.41. The molecule has 0 atom stereocenters. The number of aryl methyl sites for hydroxylation is 1. The summed E-state index contributed by atoms with van der Waals surface area (Å²) in [6, 6.07) is 9.39. The zero-order valence-electron chi connectivity index (χ0n) is 11.0. The molecule has 3 aromatic rings. The zero-order valence-corrected chi connectivity index (χ0v) is 11.8. The lowest BCUT2D eigenvalue weighted by atomic mass is 10.3. The Morgan fingerprint density at radius 1 is 1.14 bits per heavy atom. The predicted octanol–water partition coefficient (Wildman–Crippen LogP) is 3.08. The highest BCUT2D eigenvalue weighted by atomic mass is 32.2. The summed E-state index contributed by atoms with van der Waals surface area (Å²) in [6.07, 6.45) is 0. The molecule has 21 heavy (non-hydrogen) atoms. The Morgan fingerprint density at radius 3 is 2.57 bits per heavy atom. The summed E-state index contributed by atoms with van der Waals surface area (Å²) in [7, 11) is -3.77. The molecule has 0 radical (unpaired) electrons. The van der Waals surface area contributed by atoms with Gasteiger partial charge in [-0.05, 0) is 42.5 Å². The van der Waals surface area contributed by atoms with Gasteiger partial charge in [-0.15, -0.1) is 0 Å². The van der Waals surface area contributed by atoms with Crippen molar-refractivity contribution in [3.8, 4) is 0 Å². The molecule has 0 bridgehead atoms. The average Bonchev–Trinajstić information content (AvgIpc) is 2.78. The Kier molecular flexibility index (Phi) is 3.13. The quantitative estimate of drug-likeness (QED) is 0.807. The first-order chi connectivity index (χ1) is 9.94. The summed E-state index contributed by atoms with van der Waals surface area (Å²) in [4.78, 5) is 4.12. The van der Waals surface area contributed by atoms with E-state index in [0.29, 0.717) is 22.7 Å². The van der Waals surface area contributed by atoms with Gasteiger partial charge in [-0.1, -0.05) is 0 Å². The van der Waals surface area contributed by atoms with Gasteiger partial charge in [0.15, 0.2) is 11.5 Å². The minimum absolute atomic E-state index is 0.0136. The molecule has 0 saturated carbocycles. The number of anilines is 1. The van der Waals surface area contributed by atoms with Gasteiger partial charge in [-0.25, -0.2) is 17.8 Å². The van der Waals surface area contributed by atoms with Crippen LogP contribution in [0.1, 0.15) is 5.89 Å². The lowest BCUT2D eigenvalue weighted by Crippen LogP contribution is -2.12. The van der Waals surface area contributed by atoms with E-state index in [0.717, 1.165) is 12.1 Å². The van der Waals surface area contributed by atoms with Gasteiger partial charge in [-0.3, -0.25) is 4.72 Å². The van der Waals surface area contributed by atoms with Crippen LogP contribution in [0.15, 0.2) is 51.8 Å². The maximum Gasteiger partial charge on any atom is 0.261 e. The minimum atomic E-state index is -3.77. The van der Waals surface area contributed by atoms with Crippen molar-refractivity contribution in [3.63, 3.8) is 0 Å². The van der Waals surface area contributed by atoms with Gasteiger partial charge in [0.25, 0.3) is 10.0 Å². The van der Waals surface area contributed by atoms with Crippen molar-refractivity contribution >= 4 is 26.8 Å². The molecule has 7 heteroatoms. The van der Waals surface area contributed by atoms with Crippen LogP contribution in [0, 0.1) is 12.7 Å². The molecule has 0 aliphatic rings. The number of oxazole rings is 1. The monoisotopic (exact) mass is 306 g/mol. The minimum Gasteiger partial charge on any atom is -0.441 e. The number of sulfonamides is 1. The van der Waals surface area contributed by atoms with Crippen molar-refractivity contribution in [2.75, 3.05) is 4.72 Å². The van der Waals surface area contributed by atoms with Crippen LogP contribution in [-0.4, -0.2) is 13.4 Å². The summed E-state index contributed by atoms with van der Waals surface area (Å²) in [5.41, 5.74) is 1.50. The van der Waals surface area contributed by atoms with Gasteiger partial charge in [0, 0.05) is 6.92 Å². The zero-order chi connectivity index (χ0) is 15.0. The van der Waals surface area contributed by atoms with Crippen LogP contribution in [-0.2, 0) is 10.0 Å². The number of fused-ring (bicyclic) bond motifs is 1. The Bertz CT molecular complexity index is 902. The van der Waals surface area contributed by atoms with Crippen molar-refractivity contribution in [2.24, 2.45) is 0 Å². The van der Waals surface area contributed by atoms with Crippen LogP contribution >= 0.6 is 0 Å². The fourth-order valence-electron chi connectivity index (χ4n) is 1.93. The van der Waals surface area contributed by atoms with Crippen LogP contribution in [0.5, 0.6) is 0 Å². The highest BCUT2D eigenvalue weighted by molar-refractivity contribution is 7.92. The molecule has 0 aliphatic carbocycles. The van der Waals surface area contributed by atoms with Crippen LogP contribution in [0.2, 0.25) is 0 Å². The molecule has 1 N–H and O–H groups in total. The van der Waals surface area contributed by atoms with Crippen LogP contribution in [0.4, 0.5) is 10.1 Å². The molecule has 1 heterocycles. The van der Waals surface area contributed by atoms with Crippen molar-refractivity contribution in [1.29, 1.82) is 0 Å². The third-order valence-electron chi connectivity index (χ3n) is 2.87. The molecule has 0 unspecified atom stereocenters. The molecule has 3 rings (SSSR count). The molecule has 0 aliphatic heterocycles. The molecule has 108 valence electrons. The van der Waals surface area contributed by atoms with E-state index in [4.69, 9.17) is 4.42 Å². The lowest BCUT2D eigenvalue weighted by Gasteiger charge is -2.07. The molecule has 5 nitrogen and oxygen atoms in total. The van der Waals surface area contributed by atoms with Crippen LogP contribution in [0.3, 0.4) is 0 Å². The number of aromatic nitrogens is 1. The number of benzene rings is 2. The predicted molar refractivity (Wildman–Crippen MR) is 76.0 cm³/mol. The van der Waals surface area contributed by atoms with Gasteiger partial charge in [0.2, 0.25) is 0 Å². The van der Waals surface area contributed by atoms with Gasteiger partial charge in [-0.2, -0.15) is 0 Å². The van der Waals surface area contributed by atoms with Crippen LogP contribution < -0.4 is 4.72 Å². The number of nitrogens with zero attached hydrogens (tertiary/aromatic N) is 1. The van der Waals surface area contributed by atoms with Gasteiger partial charge < -0.3 is 4.42 Å². The highest BCUT2D eigenvalue weighted by Gasteiger charge is 2.15. The molecule has 0 saturated heterocycles. The number of nitrogens with one attached hydrogen (secondary N) is 1. The van der Waals surface area contributed by atoms with E-state index in [1.807, 2.05) is 0 Å². The first-order valence-electron chi connectivity index (χ1n) is 6.10. The van der Waals surface area contributed by atoms with E-state index in [-0.39, 0.29) is 4.90 Å². The third kappa shape index (κ3) is 2.73. The SMILES string of the molecule is Cc1nc2cc(NS(=O)(=O)c3ccc(F)cc3)ccc2o1. The topological polar surface area (TPSA) is 72.2 Å². The average molecular weight is 306 g/mol. The second-order valence-corrected chi connectivity index (χ2v) is 6.16. The first-order valence-corrected chi connectivity index (χ1v) is 7.58. The molecule has 1 aromatic heterocycles. The summed E-state index contributed by atoms with van der Waals surface area (Å²) >= 11 is 0. The van der Waals surface area contributed by atoms with Gasteiger partial charge in [0.05, 0.1) is 10.6 Å². The highest BCUT2D eigenvalue weighted by Crippen LogP contribution is 2.22. The molecule has 0 spiro atoms. The number of hydrogen-bond donors (Lipinski definition) is 1. The number of halogens is 1. The summed E-state index contributed by atoms with van der Waals surface area (Å²) < 4.78 is 44.9. The van der Waals surface area contributed by atoms with Gasteiger partial charge in [0.1, 0.15) is 11.3 Å². The number of rotatable bonds is 3. The Morgan fingerprint density at radius 2 is 1.86 bits per heavy atom. The van der Waals surface area contributed by atoms with E-state index in [9.17, 15) is 12.8 Å². The molecule has 2 aromatic carbocycles. The molecule has 0 amide bonds. The smallest absolute Gasteiger partial charge is 0.261 e. The van der Waals surface area contributed by atoms with E-state index in [1.165, 1.54) is 12.1 Å². The second-order valence-electron chi connectivity index (χ2n) is 4.47. The summed E-state index contributed by atoms with van der Waals surface area (Å²) in [5.74, 6) is 0.0111. The maximum absolute atomic E-state index is 12.8. The second kappa shape index (κ2) is 4.85. The molecule has 0 fully saturated rings. The maximum atomic E-state index is 12.8. The van der Waals surface area contributed by atoms with Crippen LogP contribution in [0.25, 0.3) is 11.1 Å².